The van der Waals surface area contributed by atoms with Crippen molar-refractivity contribution in [3.63, 3.8) is 0 Å². The third-order valence-corrected chi connectivity index (χ3v) is 2.92. The van der Waals surface area contributed by atoms with Gasteiger partial charge in [-0.05, 0) is 17.7 Å². The van der Waals surface area contributed by atoms with Gasteiger partial charge in [-0.1, -0.05) is 23.7 Å². The van der Waals surface area contributed by atoms with Gasteiger partial charge in [0.15, 0.2) is 0 Å². The van der Waals surface area contributed by atoms with Gasteiger partial charge < -0.3 is 10.4 Å². The molecule has 0 radical (unpaired) electrons. The van der Waals surface area contributed by atoms with E-state index in [9.17, 15) is 9.59 Å². The standard InChI is InChI=1S/C14H14ClN3O3/c15-11-7-16-18(9-11)8-10-2-1-3-12(6-10)17-13(19)4-5-14(20)21/h1-3,6-7,9H,4-5,8H2,(H,17,19)(H,20,21). The van der Waals surface area contributed by atoms with Gasteiger partial charge in [0, 0.05) is 18.3 Å². The molecule has 1 heterocycles. The van der Waals surface area contributed by atoms with E-state index in [1.807, 2.05) is 18.2 Å². The summed E-state index contributed by atoms with van der Waals surface area (Å²) in [6, 6.07) is 7.28. The number of carbonyl (C=O) groups excluding carboxylic acids is 1. The molecule has 1 amide bonds. The molecule has 1 aromatic heterocycles. The Labute approximate surface area is 126 Å². The number of carboxylic acids is 1. The molecule has 0 aliphatic carbocycles. The smallest absolute Gasteiger partial charge is 0.303 e. The Kier molecular flexibility index (Phi) is 4.94. The second kappa shape index (κ2) is 6.90. The number of anilines is 1. The van der Waals surface area contributed by atoms with Crippen molar-refractivity contribution in [2.24, 2.45) is 0 Å². The van der Waals surface area contributed by atoms with Crippen molar-refractivity contribution in [2.45, 2.75) is 19.4 Å². The van der Waals surface area contributed by atoms with Crippen LogP contribution < -0.4 is 5.32 Å². The van der Waals surface area contributed by atoms with Crippen molar-refractivity contribution in [3.05, 3.63) is 47.2 Å². The molecule has 7 heteroatoms. The lowest BCUT2D eigenvalue weighted by Crippen LogP contribution is -2.13. The summed E-state index contributed by atoms with van der Waals surface area (Å²) in [5, 5.41) is 15.9. The zero-order valence-electron chi connectivity index (χ0n) is 11.1. The van der Waals surface area contributed by atoms with Crippen LogP contribution in [0.5, 0.6) is 0 Å². The predicted octanol–water partition coefficient (Wildman–Crippen LogP) is 2.39. The molecular weight excluding hydrogens is 294 g/mol. The van der Waals surface area contributed by atoms with Gasteiger partial charge >= 0.3 is 5.97 Å². The van der Waals surface area contributed by atoms with Crippen LogP contribution in [-0.4, -0.2) is 26.8 Å². The Bertz CT molecular complexity index is 654. The third-order valence-electron chi connectivity index (χ3n) is 2.72. The average Bonchev–Trinajstić information content (AvgIpc) is 2.82. The molecule has 0 spiro atoms. The Hall–Kier alpha value is -2.34. The molecule has 6 nitrogen and oxygen atoms in total. The van der Waals surface area contributed by atoms with Crippen LogP contribution in [-0.2, 0) is 16.1 Å². The van der Waals surface area contributed by atoms with E-state index in [0.717, 1.165) is 5.56 Å². The molecule has 0 saturated heterocycles. The molecular formula is C14H14ClN3O3. The van der Waals surface area contributed by atoms with Crippen LogP contribution in [0, 0.1) is 0 Å². The van der Waals surface area contributed by atoms with E-state index in [1.165, 1.54) is 0 Å². The summed E-state index contributed by atoms with van der Waals surface area (Å²) in [7, 11) is 0. The van der Waals surface area contributed by atoms with Crippen LogP contribution in [0.1, 0.15) is 18.4 Å². The number of aliphatic carboxylic acids is 1. The lowest BCUT2D eigenvalue weighted by atomic mass is 10.2. The van der Waals surface area contributed by atoms with Crippen LogP contribution in [0.2, 0.25) is 5.02 Å². The monoisotopic (exact) mass is 307 g/mol. The van der Waals surface area contributed by atoms with Crippen molar-refractivity contribution in [3.8, 4) is 0 Å². The van der Waals surface area contributed by atoms with Crippen LogP contribution in [0.4, 0.5) is 5.69 Å². The second-order valence-corrected chi connectivity index (χ2v) is 4.93. The Morgan fingerprint density at radius 1 is 1.33 bits per heavy atom. The number of carbonyl (C=O) groups is 2. The van der Waals surface area contributed by atoms with E-state index in [2.05, 4.69) is 10.4 Å². The highest BCUT2D eigenvalue weighted by atomic mass is 35.5. The number of aromatic nitrogens is 2. The van der Waals surface area contributed by atoms with Gasteiger partial charge in [-0.15, -0.1) is 0 Å². The fourth-order valence-corrected chi connectivity index (χ4v) is 1.96. The first-order valence-corrected chi connectivity index (χ1v) is 6.69. The minimum atomic E-state index is -0.991. The molecule has 110 valence electrons. The number of rotatable bonds is 6. The van der Waals surface area contributed by atoms with Crippen molar-refractivity contribution in [2.75, 3.05) is 5.32 Å². The minimum Gasteiger partial charge on any atom is -0.481 e. The molecule has 0 fully saturated rings. The molecule has 2 N–H and O–H groups in total. The number of hydrogen-bond acceptors (Lipinski definition) is 3. The number of benzene rings is 1. The first kappa shape index (κ1) is 15.1. The first-order valence-electron chi connectivity index (χ1n) is 6.31. The fourth-order valence-electron chi connectivity index (χ4n) is 1.80. The van der Waals surface area contributed by atoms with Gasteiger partial charge in [-0.25, -0.2) is 0 Å². The van der Waals surface area contributed by atoms with E-state index < -0.39 is 5.97 Å². The van der Waals surface area contributed by atoms with Gasteiger partial charge in [0.25, 0.3) is 0 Å². The van der Waals surface area contributed by atoms with E-state index >= 15 is 0 Å². The van der Waals surface area contributed by atoms with Crippen molar-refractivity contribution in [1.82, 2.24) is 9.78 Å². The minimum absolute atomic E-state index is 0.0473. The summed E-state index contributed by atoms with van der Waals surface area (Å²) >= 11 is 5.80. The molecule has 0 bridgehead atoms. The van der Waals surface area contributed by atoms with Crippen molar-refractivity contribution >= 4 is 29.2 Å². The maximum atomic E-state index is 11.6. The predicted molar refractivity (Wildman–Crippen MR) is 78.3 cm³/mol. The zero-order chi connectivity index (χ0) is 15.2. The second-order valence-electron chi connectivity index (χ2n) is 4.50. The molecule has 21 heavy (non-hydrogen) atoms. The Morgan fingerprint density at radius 2 is 2.14 bits per heavy atom. The summed E-state index contributed by atoms with van der Waals surface area (Å²) in [6.07, 6.45) is 3.03. The number of hydrogen-bond donors (Lipinski definition) is 2. The third kappa shape index (κ3) is 4.92. The van der Waals surface area contributed by atoms with E-state index in [-0.39, 0.29) is 18.7 Å². The molecule has 2 aromatic rings. The van der Waals surface area contributed by atoms with Gasteiger partial charge in [0.05, 0.1) is 24.2 Å². The Balaban J connectivity index is 1.97. The molecule has 2 rings (SSSR count). The van der Waals surface area contributed by atoms with Gasteiger partial charge in [-0.2, -0.15) is 5.10 Å². The van der Waals surface area contributed by atoms with Crippen LogP contribution in [0.15, 0.2) is 36.7 Å². The summed E-state index contributed by atoms with van der Waals surface area (Å²) in [6.45, 7) is 0.533. The number of amides is 1. The average molecular weight is 308 g/mol. The zero-order valence-corrected chi connectivity index (χ0v) is 11.9. The molecule has 0 unspecified atom stereocenters. The highest BCUT2D eigenvalue weighted by Gasteiger charge is 2.06. The molecule has 1 aromatic carbocycles. The lowest BCUT2D eigenvalue weighted by molar-refractivity contribution is -0.138. The topological polar surface area (TPSA) is 84.2 Å². The SMILES string of the molecule is O=C(O)CCC(=O)Nc1cccc(Cn2cc(Cl)cn2)c1. The number of nitrogens with one attached hydrogen (secondary N) is 1. The summed E-state index contributed by atoms with van der Waals surface area (Å²) in [4.78, 5) is 22.0. The van der Waals surface area contributed by atoms with Crippen LogP contribution in [0.3, 0.4) is 0 Å². The number of nitrogens with zero attached hydrogens (tertiary/aromatic N) is 2. The van der Waals surface area contributed by atoms with E-state index in [0.29, 0.717) is 17.3 Å². The summed E-state index contributed by atoms with van der Waals surface area (Å²) in [5.41, 5.74) is 1.58. The summed E-state index contributed by atoms with van der Waals surface area (Å²) < 4.78 is 1.69. The molecule has 0 atom stereocenters. The van der Waals surface area contributed by atoms with Crippen molar-refractivity contribution < 1.29 is 14.7 Å². The lowest BCUT2D eigenvalue weighted by Gasteiger charge is -2.07. The highest BCUT2D eigenvalue weighted by Crippen LogP contribution is 2.13. The Morgan fingerprint density at radius 3 is 2.81 bits per heavy atom. The largest absolute Gasteiger partial charge is 0.481 e. The van der Waals surface area contributed by atoms with Crippen molar-refractivity contribution in [1.29, 1.82) is 0 Å². The fraction of sp³-hybridized carbons (Fsp3) is 0.214. The van der Waals surface area contributed by atoms with Gasteiger partial charge in [0.2, 0.25) is 5.91 Å². The molecule has 0 aliphatic heterocycles. The summed E-state index contributed by atoms with van der Waals surface area (Å²) in [5.74, 6) is -1.31. The van der Waals surface area contributed by atoms with Crippen LogP contribution in [0.25, 0.3) is 0 Å². The number of carboxylic acid groups (broad SMARTS) is 1. The van der Waals surface area contributed by atoms with Gasteiger partial charge in [-0.3, -0.25) is 14.3 Å². The quantitative estimate of drug-likeness (QED) is 0.858. The maximum Gasteiger partial charge on any atom is 0.303 e. The highest BCUT2D eigenvalue weighted by molar-refractivity contribution is 6.30. The number of halogens is 1. The normalized spacial score (nSPS) is 10.3. The van der Waals surface area contributed by atoms with Gasteiger partial charge in [0.1, 0.15) is 0 Å². The van der Waals surface area contributed by atoms with E-state index in [1.54, 1.807) is 23.1 Å². The van der Waals surface area contributed by atoms with E-state index in [4.69, 9.17) is 16.7 Å². The molecule has 0 saturated carbocycles. The first-order chi connectivity index (χ1) is 10.0. The maximum absolute atomic E-state index is 11.6. The molecule has 0 aliphatic rings. The van der Waals surface area contributed by atoms with Crippen LogP contribution >= 0.6 is 11.6 Å².